The number of aromatic nitrogens is 6. The zero-order valence-corrected chi connectivity index (χ0v) is 16.9. The van der Waals surface area contributed by atoms with Gasteiger partial charge in [-0.2, -0.15) is 4.52 Å². The monoisotopic (exact) mass is 409 g/mol. The Morgan fingerprint density at radius 3 is 2.71 bits per heavy atom. The van der Waals surface area contributed by atoms with Crippen molar-refractivity contribution in [1.82, 2.24) is 34.9 Å². The third-order valence-corrected chi connectivity index (χ3v) is 5.14. The second-order valence-electron chi connectivity index (χ2n) is 7.38. The van der Waals surface area contributed by atoms with Crippen molar-refractivity contribution in [2.75, 3.05) is 0 Å². The van der Waals surface area contributed by atoms with Gasteiger partial charge in [0.05, 0.1) is 18.3 Å². The van der Waals surface area contributed by atoms with E-state index in [1.807, 2.05) is 49.4 Å². The van der Waals surface area contributed by atoms with Crippen LogP contribution in [0.2, 0.25) is 0 Å². The number of fused-ring (bicyclic) bond motifs is 3. The Morgan fingerprint density at radius 2 is 1.90 bits per heavy atom. The van der Waals surface area contributed by atoms with Gasteiger partial charge in [0.25, 0.3) is 5.91 Å². The van der Waals surface area contributed by atoms with Gasteiger partial charge in [-0.05, 0) is 41.1 Å². The maximum atomic E-state index is 13.3. The molecule has 0 aliphatic rings. The Hall–Kier alpha value is -4.20. The van der Waals surface area contributed by atoms with Crippen molar-refractivity contribution < 1.29 is 4.79 Å². The first-order chi connectivity index (χ1) is 15.2. The minimum absolute atomic E-state index is 0.202. The topological polar surface area (TPSA) is 89.2 Å². The molecular weight excluding hydrogens is 390 g/mol. The second kappa shape index (κ2) is 7.91. The fourth-order valence-electron chi connectivity index (χ4n) is 3.68. The van der Waals surface area contributed by atoms with E-state index >= 15 is 0 Å². The first-order valence-electron chi connectivity index (χ1n) is 9.88. The van der Waals surface area contributed by atoms with Crippen LogP contribution in [-0.4, -0.2) is 40.8 Å². The molecule has 0 saturated carbocycles. The van der Waals surface area contributed by atoms with E-state index < -0.39 is 0 Å². The molecule has 5 rings (SSSR count). The van der Waals surface area contributed by atoms with Crippen molar-refractivity contribution in [3.8, 4) is 0 Å². The van der Waals surface area contributed by atoms with Crippen molar-refractivity contribution in [3.05, 3.63) is 95.6 Å². The molecule has 31 heavy (non-hydrogen) atoms. The molecule has 0 unspecified atom stereocenters. The molecule has 2 aromatic carbocycles. The maximum absolute atomic E-state index is 13.3. The van der Waals surface area contributed by atoms with Crippen LogP contribution in [-0.2, 0) is 13.1 Å². The molecule has 0 saturated heterocycles. The number of tetrazole rings is 1. The standard InChI is InChI=1S/C23H19N7O/c1-16-7-8-21-18(11-16)12-19(22-26-27-28-30(21)22)15-29(14-17-5-3-2-4-6-17)23(31)20-13-24-9-10-25-20/h2-13H,14-15H2,1H3. The molecule has 0 radical (unpaired) electrons. The van der Waals surface area contributed by atoms with Gasteiger partial charge in [0.15, 0.2) is 5.65 Å². The number of benzene rings is 2. The Labute approximate surface area is 178 Å². The van der Waals surface area contributed by atoms with Crippen molar-refractivity contribution in [2.45, 2.75) is 20.0 Å². The maximum Gasteiger partial charge on any atom is 0.274 e. The molecular formula is C23H19N7O. The third kappa shape index (κ3) is 3.71. The van der Waals surface area contributed by atoms with Gasteiger partial charge in [0, 0.05) is 29.9 Å². The number of carbonyl (C=O) groups excluding carboxylic acids is 1. The van der Waals surface area contributed by atoms with Crippen LogP contribution < -0.4 is 0 Å². The molecule has 0 aliphatic carbocycles. The molecule has 0 aliphatic heterocycles. The van der Waals surface area contributed by atoms with Crippen LogP contribution in [0.4, 0.5) is 0 Å². The van der Waals surface area contributed by atoms with Crippen LogP contribution in [0.15, 0.2) is 73.2 Å². The Bertz CT molecular complexity index is 1370. The molecule has 0 bridgehead atoms. The van der Waals surface area contributed by atoms with Crippen molar-refractivity contribution in [1.29, 1.82) is 0 Å². The summed E-state index contributed by atoms with van der Waals surface area (Å²) in [5.41, 5.74) is 4.86. The van der Waals surface area contributed by atoms with Crippen molar-refractivity contribution in [3.63, 3.8) is 0 Å². The molecule has 3 heterocycles. The van der Waals surface area contributed by atoms with E-state index in [1.54, 1.807) is 15.6 Å². The summed E-state index contributed by atoms with van der Waals surface area (Å²) in [5.74, 6) is -0.202. The molecule has 8 nitrogen and oxygen atoms in total. The van der Waals surface area contributed by atoms with Crippen LogP contribution in [0.25, 0.3) is 16.6 Å². The lowest BCUT2D eigenvalue weighted by atomic mass is 10.1. The minimum atomic E-state index is -0.202. The molecule has 0 fully saturated rings. The number of nitrogens with zero attached hydrogens (tertiary/aromatic N) is 7. The number of amides is 1. The number of pyridine rings is 1. The van der Waals surface area contributed by atoms with Gasteiger partial charge in [0.1, 0.15) is 5.69 Å². The van der Waals surface area contributed by atoms with Crippen LogP contribution in [0.1, 0.15) is 27.2 Å². The number of carbonyl (C=O) groups is 1. The van der Waals surface area contributed by atoms with E-state index in [0.29, 0.717) is 24.4 Å². The fourth-order valence-corrected chi connectivity index (χ4v) is 3.68. The zero-order chi connectivity index (χ0) is 21.2. The largest absolute Gasteiger partial charge is 0.328 e. The number of aryl methyl sites for hydroxylation is 1. The van der Waals surface area contributed by atoms with Crippen LogP contribution >= 0.6 is 0 Å². The molecule has 8 heteroatoms. The zero-order valence-electron chi connectivity index (χ0n) is 16.9. The lowest BCUT2D eigenvalue weighted by Gasteiger charge is -2.23. The van der Waals surface area contributed by atoms with Crippen LogP contribution in [0.3, 0.4) is 0 Å². The van der Waals surface area contributed by atoms with E-state index in [0.717, 1.165) is 27.6 Å². The van der Waals surface area contributed by atoms with Gasteiger partial charge in [-0.15, -0.1) is 5.10 Å². The second-order valence-corrected chi connectivity index (χ2v) is 7.38. The van der Waals surface area contributed by atoms with Gasteiger partial charge < -0.3 is 4.90 Å². The Morgan fingerprint density at radius 1 is 1.03 bits per heavy atom. The molecule has 3 aromatic heterocycles. The van der Waals surface area contributed by atoms with Gasteiger partial charge in [-0.25, -0.2) is 4.98 Å². The van der Waals surface area contributed by atoms with Crippen LogP contribution in [0.5, 0.6) is 0 Å². The van der Waals surface area contributed by atoms with Gasteiger partial charge >= 0.3 is 0 Å². The van der Waals surface area contributed by atoms with E-state index in [4.69, 9.17) is 0 Å². The quantitative estimate of drug-likeness (QED) is 0.443. The Balaban J connectivity index is 1.59. The summed E-state index contributed by atoms with van der Waals surface area (Å²) >= 11 is 0. The summed E-state index contributed by atoms with van der Waals surface area (Å²) in [6.07, 6.45) is 4.56. The fraction of sp³-hybridized carbons (Fsp3) is 0.130. The van der Waals surface area contributed by atoms with E-state index in [-0.39, 0.29) is 5.91 Å². The average Bonchev–Trinajstić information content (AvgIpc) is 3.30. The molecule has 5 aromatic rings. The predicted molar refractivity (Wildman–Crippen MR) is 115 cm³/mol. The summed E-state index contributed by atoms with van der Waals surface area (Å²) in [4.78, 5) is 23.3. The highest BCUT2D eigenvalue weighted by molar-refractivity contribution is 5.92. The van der Waals surface area contributed by atoms with E-state index in [2.05, 4.69) is 37.6 Å². The van der Waals surface area contributed by atoms with E-state index in [9.17, 15) is 4.79 Å². The van der Waals surface area contributed by atoms with E-state index in [1.165, 1.54) is 12.4 Å². The third-order valence-electron chi connectivity index (χ3n) is 5.14. The highest BCUT2D eigenvalue weighted by Gasteiger charge is 2.21. The highest BCUT2D eigenvalue weighted by atomic mass is 16.2. The first-order valence-corrected chi connectivity index (χ1v) is 9.88. The molecule has 1 amide bonds. The minimum Gasteiger partial charge on any atom is -0.328 e. The van der Waals surface area contributed by atoms with Gasteiger partial charge in [0.2, 0.25) is 0 Å². The van der Waals surface area contributed by atoms with Gasteiger partial charge in [-0.1, -0.05) is 42.0 Å². The lowest BCUT2D eigenvalue weighted by molar-refractivity contribution is 0.0724. The van der Waals surface area contributed by atoms with Gasteiger partial charge in [-0.3, -0.25) is 9.78 Å². The Kier molecular flexibility index (Phi) is 4.80. The molecule has 152 valence electrons. The smallest absolute Gasteiger partial charge is 0.274 e. The first kappa shape index (κ1) is 18.8. The summed E-state index contributed by atoms with van der Waals surface area (Å²) < 4.78 is 1.72. The molecule has 0 spiro atoms. The van der Waals surface area contributed by atoms with Crippen molar-refractivity contribution in [2.24, 2.45) is 0 Å². The number of hydrogen-bond donors (Lipinski definition) is 0. The summed E-state index contributed by atoms with van der Waals surface area (Å²) in [5, 5.41) is 13.3. The summed E-state index contributed by atoms with van der Waals surface area (Å²) in [6.45, 7) is 2.80. The lowest BCUT2D eigenvalue weighted by Crippen LogP contribution is -2.31. The highest BCUT2D eigenvalue weighted by Crippen LogP contribution is 2.23. The molecule has 0 N–H and O–H groups in total. The average molecular weight is 409 g/mol. The number of hydrogen-bond acceptors (Lipinski definition) is 6. The molecule has 0 atom stereocenters. The normalized spacial score (nSPS) is 11.1. The summed E-state index contributed by atoms with van der Waals surface area (Å²) in [6, 6.07) is 18.0. The van der Waals surface area contributed by atoms with Crippen LogP contribution in [0, 0.1) is 6.92 Å². The predicted octanol–water partition coefficient (Wildman–Crippen LogP) is 3.22. The SMILES string of the molecule is Cc1ccc2c(c1)cc(CN(Cc1ccccc1)C(=O)c1cnccn1)c1nnnn12. The number of rotatable bonds is 5. The van der Waals surface area contributed by atoms with Crippen molar-refractivity contribution >= 4 is 22.5 Å². The summed E-state index contributed by atoms with van der Waals surface area (Å²) in [7, 11) is 0.